The van der Waals surface area contributed by atoms with E-state index < -0.39 is 18.2 Å². The second-order valence-electron chi connectivity index (χ2n) is 3.25. The van der Waals surface area contributed by atoms with Gasteiger partial charge >= 0.3 is 5.97 Å². The summed E-state index contributed by atoms with van der Waals surface area (Å²) in [5.41, 5.74) is 0. The van der Waals surface area contributed by atoms with E-state index in [1.165, 1.54) is 13.2 Å². The molecule has 1 fully saturated rings. The van der Waals surface area contributed by atoms with Crippen LogP contribution in [0.15, 0.2) is 12.2 Å². The molecule has 4 heteroatoms. The maximum absolute atomic E-state index is 10.7. The number of hydrogen-bond acceptors (Lipinski definition) is 4. The van der Waals surface area contributed by atoms with Crippen LogP contribution in [0, 0.1) is 5.92 Å². The standard InChI is InChI=1S/C9H14O4/c1-13-9(12)3-2-6-4-7(10)8(11)5-6/h2-3,6-8,10-11H,4-5H2,1H3/b3-2+. The van der Waals surface area contributed by atoms with Crippen molar-refractivity contribution in [3.05, 3.63) is 12.2 Å². The Bertz CT molecular complexity index is 202. The van der Waals surface area contributed by atoms with Gasteiger partial charge in [0.05, 0.1) is 19.3 Å². The van der Waals surface area contributed by atoms with E-state index in [1.54, 1.807) is 6.08 Å². The molecular weight excluding hydrogens is 172 g/mol. The summed E-state index contributed by atoms with van der Waals surface area (Å²) in [4.78, 5) is 10.7. The van der Waals surface area contributed by atoms with Crippen molar-refractivity contribution >= 4 is 5.97 Å². The van der Waals surface area contributed by atoms with Crippen LogP contribution >= 0.6 is 0 Å². The van der Waals surface area contributed by atoms with Crippen molar-refractivity contribution in [1.82, 2.24) is 0 Å². The first-order chi connectivity index (χ1) is 6.13. The number of methoxy groups -OCH3 is 1. The summed E-state index contributed by atoms with van der Waals surface area (Å²) < 4.78 is 4.41. The molecule has 13 heavy (non-hydrogen) atoms. The lowest BCUT2D eigenvalue weighted by atomic mass is 10.1. The molecule has 0 spiro atoms. The van der Waals surface area contributed by atoms with E-state index in [-0.39, 0.29) is 5.92 Å². The molecule has 0 aromatic heterocycles. The Hall–Kier alpha value is -0.870. The fourth-order valence-electron chi connectivity index (χ4n) is 1.47. The lowest BCUT2D eigenvalue weighted by molar-refractivity contribution is -0.134. The second-order valence-corrected chi connectivity index (χ2v) is 3.25. The van der Waals surface area contributed by atoms with Gasteiger partial charge in [-0.2, -0.15) is 0 Å². The number of carbonyl (C=O) groups is 1. The summed E-state index contributed by atoms with van der Waals surface area (Å²) in [6.45, 7) is 0. The molecule has 2 unspecified atom stereocenters. The van der Waals surface area contributed by atoms with Gasteiger partial charge in [0.2, 0.25) is 0 Å². The van der Waals surface area contributed by atoms with Gasteiger partial charge in [0.15, 0.2) is 0 Å². The molecule has 0 aliphatic heterocycles. The maximum atomic E-state index is 10.7. The highest BCUT2D eigenvalue weighted by Crippen LogP contribution is 2.26. The van der Waals surface area contributed by atoms with Crippen LogP contribution in [0.4, 0.5) is 0 Å². The smallest absolute Gasteiger partial charge is 0.330 e. The van der Waals surface area contributed by atoms with Crippen LogP contribution in [0.2, 0.25) is 0 Å². The number of aliphatic hydroxyl groups excluding tert-OH is 2. The van der Waals surface area contributed by atoms with E-state index in [1.807, 2.05) is 0 Å². The van der Waals surface area contributed by atoms with Crippen molar-refractivity contribution in [3.63, 3.8) is 0 Å². The molecule has 0 aromatic rings. The molecule has 0 saturated heterocycles. The molecule has 74 valence electrons. The van der Waals surface area contributed by atoms with Gasteiger partial charge < -0.3 is 14.9 Å². The molecule has 0 amide bonds. The molecule has 0 aromatic carbocycles. The summed E-state index contributed by atoms with van der Waals surface area (Å²) in [5, 5.41) is 18.4. The zero-order chi connectivity index (χ0) is 9.84. The second kappa shape index (κ2) is 4.39. The number of rotatable bonds is 2. The van der Waals surface area contributed by atoms with Crippen molar-refractivity contribution in [1.29, 1.82) is 0 Å². The van der Waals surface area contributed by atoms with Crippen molar-refractivity contribution in [2.24, 2.45) is 5.92 Å². The third kappa shape index (κ3) is 2.82. The highest BCUT2D eigenvalue weighted by molar-refractivity contribution is 5.81. The zero-order valence-electron chi connectivity index (χ0n) is 7.51. The third-order valence-corrected chi connectivity index (χ3v) is 2.24. The molecular formula is C9H14O4. The first kappa shape index (κ1) is 10.2. The van der Waals surface area contributed by atoms with E-state index in [4.69, 9.17) is 0 Å². The molecule has 2 N–H and O–H groups in total. The molecule has 2 atom stereocenters. The van der Waals surface area contributed by atoms with E-state index in [0.717, 1.165) is 0 Å². The number of hydrogen-bond donors (Lipinski definition) is 2. The highest BCUT2D eigenvalue weighted by atomic mass is 16.5. The van der Waals surface area contributed by atoms with E-state index >= 15 is 0 Å². The van der Waals surface area contributed by atoms with Crippen molar-refractivity contribution in [3.8, 4) is 0 Å². The Balaban J connectivity index is 2.39. The quantitative estimate of drug-likeness (QED) is 0.465. The maximum Gasteiger partial charge on any atom is 0.330 e. The Morgan fingerprint density at radius 3 is 2.38 bits per heavy atom. The van der Waals surface area contributed by atoms with Gasteiger partial charge in [-0.25, -0.2) is 4.79 Å². The van der Waals surface area contributed by atoms with Crippen LogP contribution in [0.5, 0.6) is 0 Å². The predicted molar refractivity (Wildman–Crippen MR) is 45.9 cm³/mol. The van der Waals surface area contributed by atoms with E-state index in [0.29, 0.717) is 12.8 Å². The Morgan fingerprint density at radius 2 is 1.92 bits per heavy atom. The highest BCUT2D eigenvalue weighted by Gasteiger charge is 2.29. The molecule has 4 nitrogen and oxygen atoms in total. The van der Waals surface area contributed by atoms with Gasteiger partial charge in [0, 0.05) is 6.08 Å². The Kier molecular flexibility index (Phi) is 3.45. The molecule has 1 saturated carbocycles. The molecule has 1 aliphatic carbocycles. The largest absolute Gasteiger partial charge is 0.466 e. The topological polar surface area (TPSA) is 66.8 Å². The SMILES string of the molecule is COC(=O)/C=C/C1CC(O)C(O)C1. The van der Waals surface area contributed by atoms with Gasteiger partial charge in [-0.1, -0.05) is 6.08 Å². The van der Waals surface area contributed by atoms with Crippen molar-refractivity contribution in [2.75, 3.05) is 7.11 Å². The minimum atomic E-state index is -0.660. The summed E-state index contributed by atoms with van der Waals surface area (Å²) in [7, 11) is 1.31. The van der Waals surface area contributed by atoms with Gasteiger partial charge in [-0.3, -0.25) is 0 Å². The van der Waals surface area contributed by atoms with Crippen LogP contribution in [0.1, 0.15) is 12.8 Å². The zero-order valence-corrected chi connectivity index (χ0v) is 7.51. The number of aliphatic hydroxyl groups is 2. The van der Waals surface area contributed by atoms with E-state index in [9.17, 15) is 15.0 Å². The summed E-state index contributed by atoms with van der Waals surface area (Å²) >= 11 is 0. The average Bonchev–Trinajstić information content (AvgIpc) is 2.42. The monoisotopic (exact) mass is 186 g/mol. The first-order valence-electron chi connectivity index (χ1n) is 4.25. The minimum absolute atomic E-state index is 0.0732. The van der Waals surface area contributed by atoms with Crippen LogP contribution < -0.4 is 0 Å². The molecule has 0 heterocycles. The predicted octanol–water partition coefficient (Wildman–Crippen LogP) is -0.153. The molecule has 0 bridgehead atoms. The number of carbonyl (C=O) groups excluding carboxylic acids is 1. The number of allylic oxidation sites excluding steroid dienone is 1. The average molecular weight is 186 g/mol. The van der Waals surface area contributed by atoms with Gasteiger partial charge in [-0.05, 0) is 18.8 Å². The fraction of sp³-hybridized carbons (Fsp3) is 0.667. The lowest BCUT2D eigenvalue weighted by Crippen LogP contribution is -2.17. The summed E-state index contributed by atoms with van der Waals surface area (Å²) in [5.74, 6) is -0.333. The first-order valence-corrected chi connectivity index (χ1v) is 4.25. The van der Waals surface area contributed by atoms with Crippen LogP contribution in [0.25, 0.3) is 0 Å². The molecule has 1 rings (SSSR count). The van der Waals surface area contributed by atoms with Crippen LogP contribution in [0.3, 0.4) is 0 Å². The van der Waals surface area contributed by atoms with Gasteiger partial charge in [0.25, 0.3) is 0 Å². The Morgan fingerprint density at radius 1 is 1.38 bits per heavy atom. The molecule has 1 aliphatic rings. The lowest BCUT2D eigenvalue weighted by Gasteiger charge is -2.03. The molecule has 0 radical (unpaired) electrons. The minimum Gasteiger partial charge on any atom is -0.466 e. The van der Waals surface area contributed by atoms with Crippen molar-refractivity contribution < 1.29 is 19.7 Å². The normalized spacial score (nSPS) is 33.9. The summed E-state index contributed by atoms with van der Waals surface area (Å²) in [6, 6.07) is 0. The van der Waals surface area contributed by atoms with Crippen molar-refractivity contribution in [2.45, 2.75) is 25.0 Å². The van der Waals surface area contributed by atoms with Crippen LogP contribution in [-0.2, 0) is 9.53 Å². The summed E-state index contributed by atoms with van der Waals surface area (Å²) in [6.07, 6.45) is 2.70. The van der Waals surface area contributed by atoms with E-state index in [2.05, 4.69) is 4.74 Å². The number of esters is 1. The number of ether oxygens (including phenoxy) is 1. The Labute approximate surface area is 76.8 Å². The third-order valence-electron chi connectivity index (χ3n) is 2.24. The van der Waals surface area contributed by atoms with Gasteiger partial charge in [-0.15, -0.1) is 0 Å². The fourth-order valence-corrected chi connectivity index (χ4v) is 1.47. The van der Waals surface area contributed by atoms with Crippen LogP contribution in [-0.4, -0.2) is 35.5 Å². The van der Waals surface area contributed by atoms with Gasteiger partial charge in [0.1, 0.15) is 0 Å².